The molecule has 0 saturated heterocycles. The van der Waals surface area contributed by atoms with Crippen molar-refractivity contribution in [2.45, 2.75) is 27.2 Å². The molecule has 0 amide bonds. The van der Waals surface area contributed by atoms with Crippen LogP contribution in [0.5, 0.6) is 5.88 Å². The highest BCUT2D eigenvalue weighted by atomic mass is 16.5. The van der Waals surface area contributed by atoms with Crippen molar-refractivity contribution in [1.29, 1.82) is 0 Å². The highest BCUT2D eigenvalue weighted by Gasteiger charge is 2.50. The van der Waals surface area contributed by atoms with Crippen molar-refractivity contribution < 1.29 is 24.2 Å². The van der Waals surface area contributed by atoms with Crippen molar-refractivity contribution in [2.75, 3.05) is 13.7 Å². The van der Waals surface area contributed by atoms with Gasteiger partial charge in [-0.05, 0) is 18.9 Å². The lowest BCUT2D eigenvalue weighted by Crippen LogP contribution is -2.47. The van der Waals surface area contributed by atoms with Gasteiger partial charge in [-0.25, -0.2) is 4.98 Å². The minimum absolute atomic E-state index is 0.0456. The Morgan fingerprint density at radius 3 is 2.52 bits per heavy atom. The Balaban J connectivity index is 3.23. The average molecular weight is 295 g/mol. The van der Waals surface area contributed by atoms with Crippen molar-refractivity contribution in [1.82, 2.24) is 4.98 Å². The van der Waals surface area contributed by atoms with E-state index in [1.54, 1.807) is 39.0 Å². The Hall–Kier alpha value is -2.11. The molecule has 0 aromatic carbocycles. The predicted molar refractivity (Wildman–Crippen MR) is 76.0 cm³/mol. The van der Waals surface area contributed by atoms with Gasteiger partial charge < -0.3 is 14.6 Å². The van der Waals surface area contributed by atoms with E-state index in [4.69, 9.17) is 9.47 Å². The van der Waals surface area contributed by atoms with Crippen LogP contribution in [0, 0.1) is 11.3 Å². The van der Waals surface area contributed by atoms with Crippen LogP contribution in [0.3, 0.4) is 0 Å². The molecule has 6 heteroatoms. The molecule has 21 heavy (non-hydrogen) atoms. The number of hydrogen-bond donors (Lipinski definition) is 1. The number of carboxylic acids is 1. The Kier molecular flexibility index (Phi) is 5.69. The maximum absolute atomic E-state index is 12.2. The summed E-state index contributed by atoms with van der Waals surface area (Å²) in [5, 5.41) is 9.62. The average Bonchev–Trinajstić information content (AvgIpc) is 2.44. The number of carbonyl (C=O) groups is 2. The van der Waals surface area contributed by atoms with Gasteiger partial charge in [0, 0.05) is 18.2 Å². The molecule has 0 spiro atoms. The normalized spacial score (nSPS) is 13.6. The van der Waals surface area contributed by atoms with Gasteiger partial charge in [-0.3, -0.25) is 9.59 Å². The lowest BCUT2D eigenvalue weighted by atomic mass is 9.73. The minimum Gasteiger partial charge on any atom is -0.481 e. The fourth-order valence-electron chi connectivity index (χ4n) is 2.14. The fourth-order valence-corrected chi connectivity index (χ4v) is 2.14. The molecule has 1 atom stereocenters. The zero-order chi connectivity index (χ0) is 16.0. The van der Waals surface area contributed by atoms with Gasteiger partial charge in [-0.1, -0.05) is 19.9 Å². The second-order valence-corrected chi connectivity index (χ2v) is 5.00. The summed E-state index contributed by atoms with van der Waals surface area (Å²) >= 11 is 0. The van der Waals surface area contributed by atoms with Crippen LogP contribution >= 0.6 is 0 Å². The van der Waals surface area contributed by atoms with Gasteiger partial charge in [-0.15, -0.1) is 0 Å². The number of aliphatic carboxylic acids is 1. The topological polar surface area (TPSA) is 85.7 Å². The molecule has 1 unspecified atom stereocenters. The minimum atomic E-state index is -1.66. The molecule has 1 aromatic heterocycles. The third-order valence-corrected chi connectivity index (χ3v) is 3.46. The first-order chi connectivity index (χ1) is 9.88. The summed E-state index contributed by atoms with van der Waals surface area (Å²) in [6.07, 6.45) is -0.0456. The largest absolute Gasteiger partial charge is 0.481 e. The maximum atomic E-state index is 12.2. The van der Waals surface area contributed by atoms with Crippen molar-refractivity contribution >= 4 is 11.9 Å². The Morgan fingerprint density at radius 2 is 2.05 bits per heavy atom. The summed E-state index contributed by atoms with van der Waals surface area (Å²) in [6.45, 7) is 5.15. The van der Waals surface area contributed by atoms with E-state index in [9.17, 15) is 14.7 Å². The number of ether oxygens (including phenoxy) is 2. The zero-order valence-corrected chi connectivity index (χ0v) is 12.8. The van der Waals surface area contributed by atoms with Crippen molar-refractivity contribution in [3.8, 4) is 5.88 Å². The van der Waals surface area contributed by atoms with Gasteiger partial charge in [-0.2, -0.15) is 0 Å². The SMILES string of the molecule is CCOC(=O)C(Cc1cccc(OC)n1)(C(=O)O)C(C)C. The molecule has 0 bridgehead atoms. The van der Waals surface area contributed by atoms with Gasteiger partial charge >= 0.3 is 11.9 Å². The molecule has 1 heterocycles. The predicted octanol–water partition coefficient (Wildman–Crippen LogP) is 1.92. The van der Waals surface area contributed by atoms with Gasteiger partial charge in [0.25, 0.3) is 0 Å². The Bertz CT molecular complexity index is 515. The number of methoxy groups -OCH3 is 1. The van der Waals surface area contributed by atoms with Gasteiger partial charge in [0.15, 0.2) is 5.41 Å². The number of nitrogens with zero attached hydrogens (tertiary/aromatic N) is 1. The number of carboxylic acid groups (broad SMARTS) is 1. The Morgan fingerprint density at radius 1 is 1.38 bits per heavy atom. The quantitative estimate of drug-likeness (QED) is 0.611. The molecule has 0 fully saturated rings. The number of pyridine rings is 1. The van der Waals surface area contributed by atoms with Crippen LogP contribution in [0.2, 0.25) is 0 Å². The summed E-state index contributed by atoms with van der Waals surface area (Å²) in [4.78, 5) is 28.2. The van der Waals surface area contributed by atoms with Crippen molar-refractivity contribution in [2.24, 2.45) is 11.3 Å². The van der Waals surface area contributed by atoms with Crippen LogP contribution in [-0.2, 0) is 20.7 Å². The third-order valence-electron chi connectivity index (χ3n) is 3.46. The third kappa shape index (κ3) is 3.51. The lowest BCUT2D eigenvalue weighted by Gasteiger charge is -2.30. The van der Waals surface area contributed by atoms with Crippen molar-refractivity contribution in [3.63, 3.8) is 0 Å². The second-order valence-electron chi connectivity index (χ2n) is 5.00. The van der Waals surface area contributed by atoms with Crippen LogP contribution in [0.25, 0.3) is 0 Å². The summed E-state index contributed by atoms with van der Waals surface area (Å²) in [6, 6.07) is 5.03. The summed E-state index contributed by atoms with van der Waals surface area (Å²) in [5.41, 5.74) is -1.19. The van der Waals surface area contributed by atoms with E-state index in [-0.39, 0.29) is 13.0 Å². The summed E-state index contributed by atoms with van der Waals surface area (Å²) < 4.78 is 10.0. The van der Waals surface area contributed by atoms with Crippen LogP contribution < -0.4 is 4.74 Å². The molecule has 1 aromatic rings. The van der Waals surface area contributed by atoms with Crippen molar-refractivity contribution in [3.05, 3.63) is 23.9 Å². The van der Waals surface area contributed by atoms with E-state index < -0.39 is 23.3 Å². The molecule has 0 aliphatic carbocycles. The molecular weight excluding hydrogens is 274 g/mol. The molecule has 6 nitrogen and oxygen atoms in total. The van der Waals surface area contributed by atoms with Gasteiger partial charge in [0.05, 0.1) is 13.7 Å². The van der Waals surface area contributed by atoms with E-state index in [1.807, 2.05) is 0 Å². The van der Waals surface area contributed by atoms with E-state index in [1.165, 1.54) is 7.11 Å². The van der Waals surface area contributed by atoms with Crippen LogP contribution in [0.4, 0.5) is 0 Å². The number of hydrogen-bond acceptors (Lipinski definition) is 5. The first-order valence-corrected chi connectivity index (χ1v) is 6.79. The first-order valence-electron chi connectivity index (χ1n) is 6.79. The van der Waals surface area contributed by atoms with E-state index in [2.05, 4.69) is 4.98 Å². The first kappa shape index (κ1) is 16.9. The summed E-state index contributed by atoms with van der Waals surface area (Å²) in [5.74, 6) is -2.01. The molecular formula is C15H21NO5. The molecule has 0 aliphatic rings. The number of esters is 1. The van der Waals surface area contributed by atoms with E-state index in [0.717, 1.165) is 0 Å². The molecule has 1 rings (SSSR count). The molecule has 0 aliphatic heterocycles. The van der Waals surface area contributed by atoms with Crippen LogP contribution in [-0.4, -0.2) is 35.7 Å². The lowest BCUT2D eigenvalue weighted by molar-refractivity contribution is -0.172. The number of aromatic nitrogens is 1. The highest BCUT2D eigenvalue weighted by Crippen LogP contribution is 2.34. The maximum Gasteiger partial charge on any atom is 0.324 e. The smallest absolute Gasteiger partial charge is 0.324 e. The number of rotatable bonds is 7. The summed E-state index contributed by atoms with van der Waals surface area (Å²) in [7, 11) is 1.48. The van der Waals surface area contributed by atoms with E-state index in [0.29, 0.717) is 11.6 Å². The standard InChI is InChI=1S/C15H21NO5/c1-5-21-14(19)15(10(2)3,13(17)18)9-11-7-6-8-12(16-11)20-4/h6-8,10H,5,9H2,1-4H3,(H,17,18). The van der Waals surface area contributed by atoms with Crippen LogP contribution in [0.15, 0.2) is 18.2 Å². The highest BCUT2D eigenvalue weighted by molar-refractivity contribution is 5.99. The molecule has 116 valence electrons. The van der Waals surface area contributed by atoms with Gasteiger partial charge in [0.2, 0.25) is 5.88 Å². The fraction of sp³-hybridized carbons (Fsp3) is 0.533. The molecule has 0 saturated carbocycles. The number of carbonyl (C=O) groups excluding carboxylic acids is 1. The van der Waals surface area contributed by atoms with Gasteiger partial charge in [0.1, 0.15) is 0 Å². The zero-order valence-electron chi connectivity index (χ0n) is 12.8. The second kappa shape index (κ2) is 7.06. The molecule has 1 N–H and O–H groups in total. The monoisotopic (exact) mass is 295 g/mol. The Labute approximate surface area is 124 Å². The van der Waals surface area contributed by atoms with E-state index >= 15 is 0 Å². The molecule has 0 radical (unpaired) electrons. The van der Waals surface area contributed by atoms with Crippen LogP contribution in [0.1, 0.15) is 26.5 Å².